The second-order valence-corrected chi connectivity index (χ2v) is 5.90. The minimum absolute atomic E-state index is 0.267. The molecule has 7 nitrogen and oxygen atoms in total. The third kappa shape index (κ3) is 5.26. The molecule has 0 bridgehead atoms. The van der Waals surface area contributed by atoms with Crippen molar-refractivity contribution in [3.05, 3.63) is 29.3 Å². The van der Waals surface area contributed by atoms with Gasteiger partial charge in [-0.05, 0) is 51.5 Å². The van der Waals surface area contributed by atoms with Crippen LogP contribution in [0.3, 0.4) is 0 Å². The topological polar surface area (TPSA) is 114 Å². The smallest absolute Gasteiger partial charge is 0.267 e. The zero-order valence-corrected chi connectivity index (χ0v) is 14.3. The molecule has 24 heavy (non-hydrogen) atoms. The van der Waals surface area contributed by atoms with Gasteiger partial charge in [0.25, 0.3) is 11.8 Å². The van der Waals surface area contributed by atoms with Crippen molar-refractivity contribution in [1.29, 1.82) is 0 Å². The van der Waals surface area contributed by atoms with Crippen molar-refractivity contribution in [1.82, 2.24) is 10.8 Å². The molecule has 0 spiro atoms. The highest BCUT2D eigenvalue weighted by molar-refractivity contribution is 5.98. The molecule has 1 atom stereocenters. The van der Waals surface area contributed by atoms with Crippen LogP contribution in [0.1, 0.15) is 36.7 Å². The molecule has 7 heteroatoms. The zero-order chi connectivity index (χ0) is 18.3. The normalized spacial score (nSPS) is 11.8. The molecule has 0 heterocycles. The first kappa shape index (κ1) is 19.5. The molecule has 0 fully saturated rings. The van der Waals surface area contributed by atoms with Gasteiger partial charge in [-0.15, -0.1) is 5.92 Å². The molecular formula is C17H23N3O4. The Morgan fingerprint density at radius 1 is 1.42 bits per heavy atom. The van der Waals surface area contributed by atoms with E-state index in [4.69, 9.17) is 15.7 Å². The van der Waals surface area contributed by atoms with Gasteiger partial charge in [-0.3, -0.25) is 14.8 Å². The molecule has 1 aromatic rings. The van der Waals surface area contributed by atoms with Crippen LogP contribution < -0.4 is 21.3 Å². The van der Waals surface area contributed by atoms with E-state index in [9.17, 15) is 9.59 Å². The number of hydrogen-bond donors (Lipinski definition) is 4. The summed E-state index contributed by atoms with van der Waals surface area (Å²) in [5.41, 5.74) is 7.45. The van der Waals surface area contributed by atoms with Gasteiger partial charge in [-0.25, -0.2) is 5.48 Å². The lowest BCUT2D eigenvalue weighted by molar-refractivity contribution is -0.132. The Morgan fingerprint density at radius 2 is 2.08 bits per heavy atom. The molecule has 0 aliphatic heterocycles. The summed E-state index contributed by atoms with van der Waals surface area (Å²) < 4.78 is 5.48. The highest BCUT2D eigenvalue weighted by Gasteiger charge is 2.33. The number of amides is 2. The van der Waals surface area contributed by atoms with Gasteiger partial charge < -0.3 is 15.8 Å². The fraction of sp³-hybridized carbons (Fsp3) is 0.412. The summed E-state index contributed by atoms with van der Waals surface area (Å²) in [6, 6.07) is 3.79. The molecule has 0 radical (unpaired) electrons. The lowest BCUT2D eigenvalue weighted by Crippen LogP contribution is -2.61. The van der Waals surface area contributed by atoms with Crippen LogP contribution in [0.5, 0.6) is 5.75 Å². The molecule has 2 amide bonds. The molecule has 130 valence electrons. The zero-order valence-electron chi connectivity index (χ0n) is 14.3. The second-order valence-electron chi connectivity index (χ2n) is 5.90. The minimum atomic E-state index is -1.09. The van der Waals surface area contributed by atoms with Gasteiger partial charge in [0.2, 0.25) is 0 Å². The largest absolute Gasteiger partial charge is 0.481 e. The molecule has 1 aromatic carbocycles. The summed E-state index contributed by atoms with van der Waals surface area (Å²) in [4.78, 5) is 24.1. The van der Waals surface area contributed by atoms with Crippen molar-refractivity contribution in [3.63, 3.8) is 0 Å². The van der Waals surface area contributed by atoms with Crippen LogP contribution in [0.25, 0.3) is 0 Å². The number of carbonyl (C=O) groups is 2. The Labute approximate surface area is 141 Å². The maximum absolute atomic E-state index is 12.4. The van der Waals surface area contributed by atoms with Crippen LogP contribution in [0.4, 0.5) is 0 Å². The van der Waals surface area contributed by atoms with E-state index < -0.39 is 23.4 Å². The Kier molecular flexibility index (Phi) is 6.77. The number of nitrogens with two attached hydrogens (primary N) is 1. The van der Waals surface area contributed by atoms with Gasteiger partial charge in [0.15, 0.2) is 0 Å². The van der Waals surface area contributed by atoms with E-state index in [0.29, 0.717) is 11.3 Å². The van der Waals surface area contributed by atoms with E-state index in [0.717, 1.165) is 5.56 Å². The number of aryl methyl sites for hydroxylation is 1. The highest BCUT2D eigenvalue weighted by atomic mass is 16.5. The van der Waals surface area contributed by atoms with Gasteiger partial charge in [0.1, 0.15) is 18.4 Å². The standard InChI is InChI=1S/C17H23N3O4/c1-5-6-9-24-13-8-7-12(10-11(13)2)15(21)19-14(16(22)20-23)17(3,4)18/h7-8,10,14,23H,9,18H2,1-4H3,(H,19,21)(H,20,22). The Balaban J connectivity index is 2.92. The first-order valence-corrected chi connectivity index (χ1v) is 7.37. The van der Waals surface area contributed by atoms with Crippen LogP contribution in [0.15, 0.2) is 18.2 Å². The fourth-order valence-electron chi connectivity index (χ4n) is 2.01. The molecule has 0 aliphatic rings. The van der Waals surface area contributed by atoms with E-state index in [1.807, 2.05) is 0 Å². The average Bonchev–Trinajstić information content (AvgIpc) is 2.52. The van der Waals surface area contributed by atoms with Crippen LogP contribution in [-0.2, 0) is 4.79 Å². The van der Waals surface area contributed by atoms with Gasteiger partial charge >= 0.3 is 0 Å². The van der Waals surface area contributed by atoms with E-state index >= 15 is 0 Å². The molecular weight excluding hydrogens is 310 g/mol. The molecule has 1 unspecified atom stereocenters. The van der Waals surface area contributed by atoms with Gasteiger partial charge in [0, 0.05) is 11.1 Å². The Hall–Kier alpha value is -2.56. The Bertz CT molecular complexity index is 669. The number of benzene rings is 1. The number of carbonyl (C=O) groups excluding carboxylic acids is 2. The van der Waals surface area contributed by atoms with Crippen molar-refractivity contribution < 1.29 is 19.5 Å². The van der Waals surface area contributed by atoms with Gasteiger partial charge in [-0.1, -0.05) is 5.92 Å². The van der Waals surface area contributed by atoms with Crippen LogP contribution in [-0.4, -0.2) is 35.2 Å². The number of ether oxygens (including phenoxy) is 1. The molecule has 0 aliphatic carbocycles. The number of hydrogen-bond acceptors (Lipinski definition) is 5. The number of rotatable bonds is 6. The lowest BCUT2D eigenvalue weighted by atomic mass is 9.95. The summed E-state index contributed by atoms with van der Waals surface area (Å²) in [6.07, 6.45) is 0. The highest BCUT2D eigenvalue weighted by Crippen LogP contribution is 2.19. The van der Waals surface area contributed by atoms with E-state index in [1.165, 1.54) is 5.48 Å². The minimum Gasteiger partial charge on any atom is -0.481 e. The third-order valence-electron chi connectivity index (χ3n) is 3.31. The van der Waals surface area contributed by atoms with Crippen molar-refractivity contribution in [2.24, 2.45) is 5.73 Å². The van der Waals surface area contributed by atoms with Crippen LogP contribution >= 0.6 is 0 Å². The molecule has 1 rings (SSSR count). The summed E-state index contributed by atoms with van der Waals surface area (Å²) in [5, 5.41) is 11.3. The monoisotopic (exact) mass is 333 g/mol. The van der Waals surface area contributed by atoms with E-state index in [-0.39, 0.29) is 6.61 Å². The fourth-order valence-corrected chi connectivity index (χ4v) is 2.01. The van der Waals surface area contributed by atoms with Crippen molar-refractivity contribution in [2.45, 2.75) is 39.3 Å². The quantitative estimate of drug-likeness (QED) is 0.348. The molecule has 0 aromatic heterocycles. The van der Waals surface area contributed by atoms with Crippen LogP contribution in [0.2, 0.25) is 0 Å². The maximum Gasteiger partial charge on any atom is 0.267 e. The summed E-state index contributed by atoms with van der Waals surface area (Å²) >= 11 is 0. The van der Waals surface area contributed by atoms with E-state index in [2.05, 4.69) is 17.2 Å². The lowest BCUT2D eigenvalue weighted by Gasteiger charge is -2.29. The predicted octanol–water partition coefficient (Wildman–Crippen LogP) is 0.738. The van der Waals surface area contributed by atoms with Gasteiger partial charge in [0.05, 0.1) is 0 Å². The third-order valence-corrected chi connectivity index (χ3v) is 3.31. The first-order valence-electron chi connectivity index (χ1n) is 7.37. The maximum atomic E-state index is 12.4. The van der Waals surface area contributed by atoms with Crippen molar-refractivity contribution >= 4 is 11.8 Å². The van der Waals surface area contributed by atoms with Gasteiger partial charge in [-0.2, -0.15) is 0 Å². The summed E-state index contributed by atoms with van der Waals surface area (Å²) in [7, 11) is 0. The Morgan fingerprint density at radius 3 is 2.58 bits per heavy atom. The predicted molar refractivity (Wildman–Crippen MR) is 89.6 cm³/mol. The molecule has 0 saturated carbocycles. The van der Waals surface area contributed by atoms with Crippen LogP contribution in [0, 0.1) is 18.8 Å². The van der Waals surface area contributed by atoms with E-state index in [1.54, 1.807) is 45.9 Å². The van der Waals surface area contributed by atoms with Crippen molar-refractivity contribution in [2.75, 3.05) is 6.61 Å². The number of hydroxylamine groups is 1. The SMILES string of the molecule is CC#CCOc1ccc(C(=O)NC(C(=O)NO)C(C)(C)N)cc1C. The first-order chi connectivity index (χ1) is 11.2. The average molecular weight is 333 g/mol. The second kappa shape index (κ2) is 8.34. The van der Waals surface area contributed by atoms with Crippen molar-refractivity contribution in [3.8, 4) is 17.6 Å². The molecule has 5 N–H and O–H groups in total. The molecule has 0 saturated heterocycles. The summed E-state index contributed by atoms with van der Waals surface area (Å²) in [6.45, 7) is 6.94. The summed E-state index contributed by atoms with van der Waals surface area (Å²) in [5.74, 6) is 4.87. The number of nitrogens with one attached hydrogen (secondary N) is 2.